The van der Waals surface area contributed by atoms with E-state index in [1.807, 2.05) is 0 Å². The van der Waals surface area contributed by atoms with Crippen molar-refractivity contribution in [2.45, 2.75) is 31.4 Å². The van der Waals surface area contributed by atoms with Gasteiger partial charge in [-0.15, -0.1) is 0 Å². The Balaban J connectivity index is 2.21. The Morgan fingerprint density at radius 2 is 2.45 bits per heavy atom. The van der Waals surface area contributed by atoms with Gasteiger partial charge in [0.1, 0.15) is 6.42 Å². The molecule has 1 saturated carbocycles. The SMILES string of the molecule is N#CCC(=O)N[C@@H]1CC[C@H]1O. The van der Waals surface area contributed by atoms with Gasteiger partial charge in [-0.2, -0.15) is 5.26 Å². The van der Waals surface area contributed by atoms with Crippen molar-refractivity contribution in [1.82, 2.24) is 5.32 Å². The first-order valence-electron chi connectivity index (χ1n) is 3.58. The number of carbonyl (C=O) groups is 1. The van der Waals surface area contributed by atoms with Gasteiger partial charge in [0, 0.05) is 0 Å². The lowest BCUT2D eigenvalue weighted by molar-refractivity contribution is -0.123. The number of hydrogen-bond donors (Lipinski definition) is 2. The van der Waals surface area contributed by atoms with Crippen molar-refractivity contribution in [1.29, 1.82) is 5.26 Å². The van der Waals surface area contributed by atoms with Crippen LogP contribution in [0.2, 0.25) is 0 Å². The molecule has 0 radical (unpaired) electrons. The topological polar surface area (TPSA) is 73.1 Å². The summed E-state index contributed by atoms with van der Waals surface area (Å²) in [5.74, 6) is -0.295. The number of amides is 1. The lowest BCUT2D eigenvalue weighted by Gasteiger charge is -2.32. The normalized spacial score (nSPS) is 28.4. The molecule has 0 aromatic rings. The fourth-order valence-corrected chi connectivity index (χ4v) is 0.980. The van der Waals surface area contributed by atoms with E-state index in [0.29, 0.717) is 0 Å². The van der Waals surface area contributed by atoms with Crippen LogP contribution in [0.15, 0.2) is 0 Å². The molecule has 2 N–H and O–H groups in total. The molecule has 11 heavy (non-hydrogen) atoms. The van der Waals surface area contributed by atoms with E-state index in [0.717, 1.165) is 12.8 Å². The van der Waals surface area contributed by atoms with Gasteiger partial charge in [-0.3, -0.25) is 4.79 Å². The maximum absolute atomic E-state index is 10.7. The Hall–Kier alpha value is -1.08. The molecule has 0 aromatic heterocycles. The van der Waals surface area contributed by atoms with Crippen LogP contribution in [0.5, 0.6) is 0 Å². The molecule has 4 heteroatoms. The predicted octanol–water partition coefficient (Wildman–Crippen LogP) is -0.460. The first kappa shape index (κ1) is 8.02. The molecule has 0 saturated heterocycles. The van der Waals surface area contributed by atoms with E-state index in [1.165, 1.54) is 0 Å². The third-order valence-corrected chi connectivity index (χ3v) is 1.82. The van der Waals surface area contributed by atoms with E-state index >= 15 is 0 Å². The van der Waals surface area contributed by atoms with Crippen molar-refractivity contribution >= 4 is 5.91 Å². The van der Waals surface area contributed by atoms with Gasteiger partial charge in [0.05, 0.1) is 18.2 Å². The van der Waals surface area contributed by atoms with E-state index in [1.54, 1.807) is 6.07 Å². The van der Waals surface area contributed by atoms with Crippen molar-refractivity contribution in [2.24, 2.45) is 0 Å². The molecule has 1 rings (SSSR count). The summed E-state index contributed by atoms with van der Waals surface area (Å²) < 4.78 is 0. The zero-order valence-corrected chi connectivity index (χ0v) is 6.08. The number of hydrogen-bond acceptors (Lipinski definition) is 3. The lowest BCUT2D eigenvalue weighted by atomic mass is 9.89. The summed E-state index contributed by atoms with van der Waals surface area (Å²) in [6, 6.07) is 1.63. The van der Waals surface area contributed by atoms with Crippen LogP contribution < -0.4 is 5.32 Å². The van der Waals surface area contributed by atoms with Crippen LogP contribution in [0.25, 0.3) is 0 Å². The van der Waals surface area contributed by atoms with Crippen molar-refractivity contribution < 1.29 is 9.90 Å². The van der Waals surface area contributed by atoms with Gasteiger partial charge < -0.3 is 10.4 Å². The van der Waals surface area contributed by atoms with Crippen LogP contribution in [0.4, 0.5) is 0 Å². The van der Waals surface area contributed by atoms with Gasteiger partial charge in [-0.1, -0.05) is 0 Å². The minimum absolute atomic E-state index is 0.115. The van der Waals surface area contributed by atoms with E-state index in [4.69, 9.17) is 10.4 Å². The Morgan fingerprint density at radius 3 is 2.82 bits per heavy atom. The number of aliphatic hydroxyl groups is 1. The number of nitriles is 1. The molecule has 60 valence electrons. The van der Waals surface area contributed by atoms with Crippen molar-refractivity contribution in [3.8, 4) is 6.07 Å². The minimum Gasteiger partial charge on any atom is -0.391 e. The van der Waals surface area contributed by atoms with E-state index in [2.05, 4.69) is 5.32 Å². The van der Waals surface area contributed by atoms with Crippen molar-refractivity contribution in [3.05, 3.63) is 0 Å². The molecular weight excluding hydrogens is 144 g/mol. The van der Waals surface area contributed by atoms with Gasteiger partial charge in [-0.25, -0.2) is 0 Å². The average molecular weight is 154 g/mol. The molecule has 4 nitrogen and oxygen atoms in total. The minimum atomic E-state index is -0.405. The standard InChI is InChI=1S/C7H10N2O2/c8-4-3-7(11)9-5-1-2-6(5)10/h5-6,10H,1-3H2,(H,9,11)/t5-,6-/m1/s1. The number of aliphatic hydroxyl groups excluding tert-OH is 1. The van der Waals surface area contributed by atoms with Crippen molar-refractivity contribution in [3.63, 3.8) is 0 Å². The Kier molecular flexibility index (Phi) is 2.44. The highest BCUT2D eigenvalue weighted by Crippen LogP contribution is 2.19. The second-order valence-electron chi connectivity index (χ2n) is 2.65. The molecule has 0 aromatic carbocycles. The highest BCUT2D eigenvalue weighted by atomic mass is 16.3. The fourth-order valence-electron chi connectivity index (χ4n) is 0.980. The largest absolute Gasteiger partial charge is 0.391 e. The molecule has 0 aliphatic heterocycles. The monoisotopic (exact) mass is 154 g/mol. The van der Waals surface area contributed by atoms with Crippen LogP contribution in [0.3, 0.4) is 0 Å². The van der Waals surface area contributed by atoms with Gasteiger partial charge in [0.25, 0.3) is 0 Å². The molecule has 0 heterocycles. The van der Waals surface area contributed by atoms with Crippen molar-refractivity contribution in [2.75, 3.05) is 0 Å². The molecule has 2 atom stereocenters. The number of carbonyl (C=O) groups excluding carboxylic acids is 1. The summed E-state index contributed by atoms with van der Waals surface area (Å²) >= 11 is 0. The first-order valence-corrected chi connectivity index (χ1v) is 3.58. The second-order valence-corrected chi connectivity index (χ2v) is 2.65. The van der Waals surface area contributed by atoms with Crippen LogP contribution in [-0.4, -0.2) is 23.2 Å². The first-order chi connectivity index (χ1) is 5.24. The smallest absolute Gasteiger partial charge is 0.234 e. The van der Waals surface area contributed by atoms with E-state index in [9.17, 15) is 4.79 Å². The lowest BCUT2D eigenvalue weighted by Crippen LogP contribution is -2.50. The molecule has 0 unspecified atom stereocenters. The summed E-state index contributed by atoms with van der Waals surface area (Å²) in [5.41, 5.74) is 0. The third kappa shape index (κ3) is 1.92. The Morgan fingerprint density at radius 1 is 1.73 bits per heavy atom. The summed E-state index contributed by atoms with van der Waals surface area (Å²) in [6.45, 7) is 0. The molecule has 0 bridgehead atoms. The average Bonchev–Trinajstić information content (AvgIpc) is 1.98. The summed E-state index contributed by atoms with van der Waals surface area (Å²) in [5, 5.41) is 19.7. The van der Waals surface area contributed by atoms with Crippen LogP contribution in [-0.2, 0) is 4.79 Å². The van der Waals surface area contributed by atoms with Crippen LogP contribution in [0.1, 0.15) is 19.3 Å². The molecule has 0 spiro atoms. The Labute approximate surface area is 64.8 Å². The fraction of sp³-hybridized carbons (Fsp3) is 0.714. The number of nitrogens with zero attached hydrogens (tertiary/aromatic N) is 1. The number of rotatable bonds is 2. The zero-order valence-electron chi connectivity index (χ0n) is 6.08. The maximum atomic E-state index is 10.7. The maximum Gasteiger partial charge on any atom is 0.234 e. The van der Waals surface area contributed by atoms with Gasteiger partial charge in [0.2, 0.25) is 5.91 Å². The highest BCUT2D eigenvalue weighted by Gasteiger charge is 2.29. The number of nitrogens with one attached hydrogen (secondary N) is 1. The summed E-state index contributed by atoms with van der Waals surface area (Å²) in [7, 11) is 0. The second kappa shape index (κ2) is 3.35. The van der Waals surface area contributed by atoms with E-state index < -0.39 is 6.10 Å². The summed E-state index contributed by atoms with van der Waals surface area (Å²) in [4.78, 5) is 10.7. The van der Waals surface area contributed by atoms with E-state index in [-0.39, 0.29) is 18.4 Å². The van der Waals surface area contributed by atoms with Crippen LogP contribution in [0, 0.1) is 11.3 Å². The van der Waals surface area contributed by atoms with Crippen LogP contribution >= 0.6 is 0 Å². The Bertz CT molecular complexity index is 197. The molecule has 1 amide bonds. The molecule has 1 aliphatic rings. The predicted molar refractivity (Wildman–Crippen MR) is 37.4 cm³/mol. The quantitative estimate of drug-likeness (QED) is 0.565. The third-order valence-electron chi connectivity index (χ3n) is 1.82. The summed E-state index contributed by atoms with van der Waals surface area (Å²) in [6.07, 6.45) is 1.04. The van der Waals surface area contributed by atoms with Gasteiger partial charge in [0.15, 0.2) is 0 Å². The molecular formula is C7H10N2O2. The zero-order chi connectivity index (χ0) is 8.27. The van der Waals surface area contributed by atoms with Gasteiger partial charge in [-0.05, 0) is 12.8 Å². The van der Waals surface area contributed by atoms with Gasteiger partial charge >= 0.3 is 0 Å². The molecule has 1 fully saturated rings. The highest BCUT2D eigenvalue weighted by molar-refractivity contribution is 5.78. The molecule has 1 aliphatic carbocycles.